The summed E-state index contributed by atoms with van der Waals surface area (Å²) in [5, 5.41) is 12.8. The van der Waals surface area contributed by atoms with Gasteiger partial charge in [0.2, 0.25) is 0 Å². The second-order valence-electron chi connectivity index (χ2n) is 4.77. The molecule has 0 radical (unpaired) electrons. The average Bonchev–Trinajstić information content (AvgIpc) is 2.58. The van der Waals surface area contributed by atoms with Crippen molar-refractivity contribution in [2.75, 3.05) is 13.6 Å². The van der Waals surface area contributed by atoms with Crippen molar-refractivity contribution in [1.82, 2.24) is 14.7 Å². The monoisotopic (exact) mass is 253 g/mol. The Kier molecular flexibility index (Phi) is 4.47. The maximum absolute atomic E-state index is 12.0. The first kappa shape index (κ1) is 14.2. The molecular formula is C12H19N3O3. The molecule has 0 saturated carbocycles. The molecule has 1 heterocycles. The number of carbonyl (C=O) groups excluding carboxylic acids is 1. The lowest BCUT2D eigenvalue weighted by molar-refractivity contribution is -0.137. The first-order valence-electron chi connectivity index (χ1n) is 5.82. The van der Waals surface area contributed by atoms with E-state index in [9.17, 15) is 9.59 Å². The Morgan fingerprint density at radius 3 is 2.61 bits per heavy atom. The molecule has 0 fully saturated rings. The third-order valence-corrected chi connectivity index (χ3v) is 2.59. The molecule has 0 bridgehead atoms. The van der Waals surface area contributed by atoms with Crippen LogP contribution < -0.4 is 0 Å². The number of carboxylic acid groups (broad SMARTS) is 1. The zero-order valence-electron chi connectivity index (χ0n) is 11.2. The predicted molar refractivity (Wildman–Crippen MR) is 66.4 cm³/mol. The van der Waals surface area contributed by atoms with Gasteiger partial charge < -0.3 is 10.0 Å². The Labute approximate surface area is 106 Å². The normalized spacial score (nSPS) is 10.7. The van der Waals surface area contributed by atoms with Crippen LogP contribution in [0.5, 0.6) is 0 Å². The summed E-state index contributed by atoms with van der Waals surface area (Å²) < 4.78 is 1.77. The van der Waals surface area contributed by atoms with Gasteiger partial charge in [0.1, 0.15) is 6.54 Å². The molecule has 6 nitrogen and oxygen atoms in total. The highest BCUT2D eigenvalue weighted by Gasteiger charge is 2.19. The van der Waals surface area contributed by atoms with Crippen LogP contribution in [0, 0.1) is 12.8 Å². The van der Waals surface area contributed by atoms with Crippen LogP contribution in [-0.4, -0.2) is 45.3 Å². The molecular weight excluding hydrogens is 234 g/mol. The lowest BCUT2D eigenvalue weighted by Crippen LogP contribution is -2.32. The van der Waals surface area contributed by atoms with Crippen LogP contribution in [-0.2, 0) is 11.3 Å². The Morgan fingerprint density at radius 1 is 1.50 bits per heavy atom. The second-order valence-corrected chi connectivity index (χ2v) is 4.77. The van der Waals surface area contributed by atoms with Crippen LogP contribution in [0.4, 0.5) is 0 Å². The van der Waals surface area contributed by atoms with E-state index in [1.54, 1.807) is 4.68 Å². The maximum atomic E-state index is 12.0. The van der Waals surface area contributed by atoms with E-state index < -0.39 is 5.97 Å². The van der Waals surface area contributed by atoms with Gasteiger partial charge in [-0.3, -0.25) is 14.3 Å². The fourth-order valence-corrected chi connectivity index (χ4v) is 1.67. The highest BCUT2D eigenvalue weighted by molar-refractivity contribution is 5.96. The summed E-state index contributed by atoms with van der Waals surface area (Å²) in [5.41, 5.74) is 1.23. The predicted octanol–water partition coefficient (Wildman–Crippen LogP) is 1.00. The lowest BCUT2D eigenvalue weighted by Gasteiger charge is -2.14. The first-order chi connectivity index (χ1) is 8.32. The molecule has 1 rings (SSSR count). The van der Waals surface area contributed by atoms with Gasteiger partial charge in [-0.1, -0.05) is 13.8 Å². The number of carboxylic acids is 1. The van der Waals surface area contributed by atoms with Gasteiger partial charge in [-0.2, -0.15) is 5.10 Å². The highest BCUT2D eigenvalue weighted by atomic mass is 16.4. The van der Waals surface area contributed by atoms with Crippen LogP contribution >= 0.6 is 0 Å². The summed E-state index contributed by atoms with van der Waals surface area (Å²) in [6.45, 7) is 6.38. The van der Waals surface area contributed by atoms with Gasteiger partial charge in [0.25, 0.3) is 5.91 Å². The van der Waals surface area contributed by atoms with Gasteiger partial charge in [0, 0.05) is 19.3 Å². The van der Waals surface area contributed by atoms with E-state index in [1.807, 2.05) is 6.92 Å². The number of likely N-dealkylation sites (N-methyl/N-ethyl adjacent to an activating group) is 1. The number of rotatable bonds is 5. The fraction of sp³-hybridized carbons (Fsp3) is 0.583. The van der Waals surface area contributed by atoms with Crippen molar-refractivity contribution in [2.45, 2.75) is 27.3 Å². The topological polar surface area (TPSA) is 75.4 Å². The van der Waals surface area contributed by atoms with Crippen molar-refractivity contribution in [3.05, 3.63) is 17.5 Å². The molecule has 0 spiro atoms. The van der Waals surface area contributed by atoms with Gasteiger partial charge in [-0.05, 0) is 12.8 Å². The molecule has 6 heteroatoms. The summed E-state index contributed by atoms with van der Waals surface area (Å²) in [4.78, 5) is 23.7. The molecule has 0 atom stereocenters. The molecule has 0 saturated heterocycles. The summed E-state index contributed by atoms with van der Waals surface area (Å²) >= 11 is 0. The van der Waals surface area contributed by atoms with Crippen molar-refractivity contribution < 1.29 is 14.7 Å². The largest absolute Gasteiger partial charge is 0.480 e. The van der Waals surface area contributed by atoms with E-state index in [1.165, 1.54) is 18.1 Å². The number of aliphatic carboxylic acids is 1. The van der Waals surface area contributed by atoms with Crippen molar-refractivity contribution in [2.24, 2.45) is 5.92 Å². The van der Waals surface area contributed by atoms with E-state index >= 15 is 0 Å². The van der Waals surface area contributed by atoms with Crippen LogP contribution in [0.1, 0.15) is 29.9 Å². The molecule has 1 aromatic heterocycles. The number of carbonyl (C=O) groups is 2. The van der Waals surface area contributed by atoms with Gasteiger partial charge in [0.15, 0.2) is 0 Å². The van der Waals surface area contributed by atoms with Crippen LogP contribution in [0.15, 0.2) is 6.20 Å². The number of amides is 1. The quantitative estimate of drug-likeness (QED) is 0.849. The lowest BCUT2D eigenvalue weighted by atomic mass is 10.2. The van der Waals surface area contributed by atoms with Crippen molar-refractivity contribution in [3.63, 3.8) is 0 Å². The molecule has 0 unspecified atom stereocenters. The standard InChI is InChI=1S/C12H19N3O3/c1-8(2)6-15-9(3)10(5-13-15)12(18)14(4)7-11(16)17/h5,8H,6-7H2,1-4H3,(H,16,17). The Balaban J connectivity index is 2.87. The minimum absolute atomic E-state index is 0.312. The van der Waals surface area contributed by atoms with Crippen LogP contribution in [0.3, 0.4) is 0 Å². The van der Waals surface area contributed by atoms with E-state index in [0.29, 0.717) is 11.5 Å². The zero-order chi connectivity index (χ0) is 13.9. The molecule has 0 aliphatic carbocycles. The fourth-order valence-electron chi connectivity index (χ4n) is 1.67. The Hall–Kier alpha value is -1.85. The van der Waals surface area contributed by atoms with E-state index in [2.05, 4.69) is 18.9 Å². The molecule has 1 amide bonds. The molecule has 0 aromatic carbocycles. The summed E-state index contributed by atoms with van der Waals surface area (Å²) in [6.07, 6.45) is 1.50. The van der Waals surface area contributed by atoms with E-state index in [-0.39, 0.29) is 12.5 Å². The maximum Gasteiger partial charge on any atom is 0.323 e. The first-order valence-corrected chi connectivity index (χ1v) is 5.82. The summed E-state index contributed by atoms with van der Waals surface area (Å²) in [5.74, 6) is -0.911. The highest BCUT2D eigenvalue weighted by Crippen LogP contribution is 2.11. The van der Waals surface area contributed by atoms with Gasteiger partial charge in [0.05, 0.1) is 11.8 Å². The zero-order valence-corrected chi connectivity index (χ0v) is 11.2. The number of hydrogen-bond donors (Lipinski definition) is 1. The average molecular weight is 253 g/mol. The third-order valence-electron chi connectivity index (χ3n) is 2.59. The Bertz CT molecular complexity index is 451. The minimum atomic E-state index is -1.03. The van der Waals surface area contributed by atoms with E-state index in [0.717, 1.165) is 12.2 Å². The van der Waals surface area contributed by atoms with Gasteiger partial charge >= 0.3 is 5.97 Å². The van der Waals surface area contributed by atoms with Crippen LogP contribution in [0.2, 0.25) is 0 Å². The van der Waals surface area contributed by atoms with Gasteiger partial charge in [-0.15, -0.1) is 0 Å². The molecule has 100 valence electrons. The SMILES string of the molecule is Cc1c(C(=O)N(C)CC(=O)O)cnn1CC(C)C. The van der Waals surface area contributed by atoms with Gasteiger partial charge in [-0.25, -0.2) is 0 Å². The van der Waals surface area contributed by atoms with Crippen LogP contribution in [0.25, 0.3) is 0 Å². The summed E-state index contributed by atoms with van der Waals surface area (Å²) in [7, 11) is 1.47. The number of hydrogen-bond acceptors (Lipinski definition) is 3. The minimum Gasteiger partial charge on any atom is -0.480 e. The summed E-state index contributed by atoms with van der Waals surface area (Å²) in [6, 6.07) is 0. The van der Waals surface area contributed by atoms with Crippen molar-refractivity contribution in [3.8, 4) is 0 Å². The van der Waals surface area contributed by atoms with Crippen molar-refractivity contribution >= 4 is 11.9 Å². The second kappa shape index (κ2) is 5.66. The molecule has 1 N–H and O–H groups in total. The smallest absolute Gasteiger partial charge is 0.323 e. The number of aromatic nitrogens is 2. The Morgan fingerprint density at radius 2 is 2.11 bits per heavy atom. The van der Waals surface area contributed by atoms with E-state index in [4.69, 9.17) is 5.11 Å². The molecule has 0 aliphatic rings. The van der Waals surface area contributed by atoms with Crippen molar-refractivity contribution in [1.29, 1.82) is 0 Å². The molecule has 0 aliphatic heterocycles. The third kappa shape index (κ3) is 3.32. The number of nitrogens with zero attached hydrogens (tertiary/aromatic N) is 3. The molecule has 1 aromatic rings. The molecule has 18 heavy (non-hydrogen) atoms.